The molecule has 0 spiro atoms. The number of para-hydroxylation sites is 1. The van der Waals surface area contributed by atoms with Gasteiger partial charge in [-0.1, -0.05) is 18.2 Å². The lowest BCUT2D eigenvalue weighted by atomic mass is 10.1. The third-order valence-corrected chi connectivity index (χ3v) is 5.95. The number of hydrogen-bond donors (Lipinski definition) is 0. The number of nitrogens with zero attached hydrogens (tertiary/aromatic N) is 4. The van der Waals surface area contributed by atoms with Crippen molar-refractivity contribution in [1.82, 2.24) is 19.2 Å². The van der Waals surface area contributed by atoms with E-state index in [1.54, 1.807) is 9.25 Å². The smallest absolute Gasteiger partial charge is 0.345 e. The van der Waals surface area contributed by atoms with Crippen molar-refractivity contribution in [2.75, 3.05) is 6.61 Å². The van der Waals surface area contributed by atoms with Crippen molar-refractivity contribution >= 4 is 5.91 Å². The Labute approximate surface area is 157 Å². The third kappa shape index (κ3) is 3.15. The molecule has 2 atom stereocenters. The van der Waals surface area contributed by atoms with E-state index in [2.05, 4.69) is 5.10 Å². The number of rotatable bonds is 5. The lowest BCUT2D eigenvalue weighted by molar-refractivity contribution is -0.136. The van der Waals surface area contributed by atoms with Gasteiger partial charge in [0, 0.05) is 25.6 Å². The van der Waals surface area contributed by atoms with Gasteiger partial charge in [0.2, 0.25) is 0 Å². The van der Waals surface area contributed by atoms with Crippen molar-refractivity contribution in [3.63, 3.8) is 0 Å². The summed E-state index contributed by atoms with van der Waals surface area (Å²) in [5.41, 5.74) is -0.0163. The maximum absolute atomic E-state index is 12.9. The summed E-state index contributed by atoms with van der Waals surface area (Å²) in [5, 5.41) is 4.59. The molecule has 3 aliphatic rings. The van der Waals surface area contributed by atoms with E-state index in [-0.39, 0.29) is 30.3 Å². The molecular formula is C20H24N4O3. The molecule has 1 aromatic heterocycles. The number of hydrogen-bond acceptors (Lipinski definition) is 4. The van der Waals surface area contributed by atoms with Crippen molar-refractivity contribution in [3.8, 4) is 5.75 Å². The van der Waals surface area contributed by atoms with Gasteiger partial charge < -0.3 is 9.64 Å². The van der Waals surface area contributed by atoms with Crippen LogP contribution < -0.4 is 10.4 Å². The molecule has 3 heterocycles. The molecule has 1 amide bonds. The Morgan fingerprint density at radius 3 is 2.67 bits per heavy atom. The number of carbonyl (C=O) groups excluding carboxylic acids is 1. The highest BCUT2D eigenvalue weighted by Crippen LogP contribution is 2.32. The van der Waals surface area contributed by atoms with Crippen LogP contribution in [0.25, 0.3) is 0 Å². The van der Waals surface area contributed by atoms with Gasteiger partial charge >= 0.3 is 5.69 Å². The summed E-state index contributed by atoms with van der Waals surface area (Å²) in [7, 11) is 0. The minimum absolute atomic E-state index is 0.00425. The molecule has 2 aromatic rings. The number of ether oxygens (including phenoxy) is 1. The Morgan fingerprint density at radius 1 is 1.11 bits per heavy atom. The van der Waals surface area contributed by atoms with E-state index in [1.165, 1.54) is 12.8 Å². The summed E-state index contributed by atoms with van der Waals surface area (Å²) >= 11 is 0. The minimum Gasteiger partial charge on any atom is -0.484 e. The van der Waals surface area contributed by atoms with E-state index in [4.69, 9.17) is 4.74 Å². The number of benzene rings is 1. The van der Waals surface area contributed by atoms with Gasteiger partial charge in [-0.05, 0) is 43.7 Å². The molecule has 2 unspecified atom stereocenters. The van der Waals surface area contributed by atoms with Crippen LogP contribution in [-0.4, -0.2) is 43.8 Å². The van der Waals surface area contributed by atoms with Crippen molar-refractivity contribution in [3.05, 3.63) is 46.6 Å². The zero-order chi connectivity index (χ0) is 18.4. The van der Waals surface area contributed by atoms with E-state index in [1.807, 2.05) is 35.2 Å². The van der Waals surface area contributed by atoms with Crippen LogP contribution in [0.1, 0.15) is 31.5 Å². The maximum Gasteiger partial charge on any atom is 0.345 e. The average molecular weight is 368 g/mol. The molecule has 0 radical (unpaired) electrons. The molecular weight excluding hydrogens is 344 g/mol. The topological polar surface area (TPSA) is 69.4 Å². The molecule has 142 valence electrons. The van der Waals surface area contributed by atoms with Crippen LogP contribution in [0.3, 0.4) is 0 Å². The van der Waals surface area contributed by atoms with Gasteiger partial charge in [-0.25, -0.2) is 9.48 Å². The van der Waals surface area contributed by atoms with Crippen molar-refractivity contribution < 1.29 is 9.53 Å². The fraction of sp³-hybridized carbons (Fsp3) is 0.550. The van der Waals surface area contributed by atoms with E-state index in [0.29, 0.717) is 24.6 Å². The van der Waals surface area contributed by atoms with Gasteiger partial charge in [0.25, 0.3) is 5.91 Å². The zero-order valence-corrected chi connectivity index (χ0v) is 15.3. The fourth-order valence-electron chi connectivity index (χ4n) is 4.39. The zero-order valence-electron chi connectivity index (χ0n) is 15.3. The first-order chi connectivity index (χ1) is 13.2. The number of carbonyl (C=O) groups is 1. The van der Waals surface area contributed by atoms with Crippen LogP contribution >= 0.6 is 0 Å². The number of aromatic nitrogens is 3. The van der Waals surface area contributed by atoms with E-state index >= 15 is 0 Å². The second kappa shape index (κ2) is 6.55. The molecule has 5 rings (SSSR count). The molecule has 2 fully saturated rings. The fourth-order valence-corrected chi connectivity index (χ4v) is 4.39. The van der Waals surface area contributed by atoms with Gasteiger partial charge in [0.15, 0.2) is 6.61 Å². The predicted octanol–water partition coefficient (Wildman–Crippen LogP) is 1.45. The van der Waals surface area contributed by atoms with Crippen molar-refractivity contribution in [2.45, 2.75) is 57.3 Å². The summed E-state index contributed by atoms with van der Waals surface area (Å²) < 4.78 is 9.10. The lowest BCUT2D eigenvalue weighted by Crippen LogP contribution is -2.45. The van der Waals surface area contributed by atoms with E-state index < -0.39 is 0 Å². The van der Waals surface area contributed by atoms with Gasteiger partial charge in [-0.15, -0.1) is 0 Å². The molecule has 7 nitrogen and oxygen atoms in total. The molecule has 27 heavy (non-hydrogen) atoms. The second-order valence-corrected chi connectivity index (χ2v) is 7.93. The molecule has 7 heteroatoms. The Balaban J connectivity index is 1.31. The Bertz CT molecular complexity index is 900. The molecule has 1 saturated carbocycles. The first kappa shape index (κ1) is 16.6. The largest absolute Gasteiger partial charge is 0.484 e. The van der Waals surface area contributed by atoms with Gasteiger partial charge in [0.1, 0.15) is 11.6 Å². The van der Waals surface area contributed by atoms with Gasteiger partial charge in [0.05, 0.1) is 6.04 Å². The molecule has 0 N–H and O–H groups in total. The van der Waals surface area contributed by atoms with Gasteiger partial charge in [-0.3, -0.25) is 9.36 Å². The Morgan fingerprint density at radius 2 is 1.89 bits per heavy atom. The highest BCUT2D eigenvalue weighted by Gasteiger charge is 2.41. The van der Waals surface area contributed by atoms with Crippen LogP contribution in [-0.2, 0) is 24.3 Å². The Hall–Kier alpha value is -2.57. The van der Waals surface area contributed by atoms with Crippen molar-refractivity contribution in [2.24, 2.45) is 5.92 Å². The lowest BCUT2D eigenvalue weighted by Gasteiger charge is -2.27. The van der Waals surface area contributed by atoms with E-state index in [0.717, 1.165) is 25.2 Å². The summed E-state index contributed by atoms with van der Waals surface area (Å²) in [4.78, 5) is 27.5. The molecule has 1 aromatic carbocycles. The second-order valence-electron chi connectivity index (χ2n) is 7.93. The SMILES string of the molecule is O=C(COc1ccccc1)N1C2CCC1Cn1c(nn(CC3CC3)c1=O)C2. The maximum atomic E-state index is 12.9. The molecule has 2 bridgehead atoms. The monoisotopic (exact) mass is 368 g/mol. The number of amides is 1. The molecule has 1 saturated heterocycles. The highest BCUT2D eigenvalue weighted by molar-refractivity contribution is 5.79. The number of fused-ring (bicyclic) bond motifs is 3. The van der Waals surface area contributed by atoms with Crippen molar-refractivity contribution in [1.29, 1.82) is 0 Å². The summed E-state index contributed by atoms with van der Waals surface area (Å²) in [5.74, 6) is 2.14. The van der Waals surface area contributed by atoms with Crippen LogP contribution in [0.5, 0.6) is 5.75 Å². The van der Waals surface area contributed by atoms with Crippen LogP contribution in [0, 0.1) is 5.92 Å². The summed E-state index contributed by atoms with van der Waals surface area (Å²) in [6.07, 6.45) is 4.94. The highest BCUT2D eigenvalue weighted by atomic mass is 16.5. The molecule has 2 aliphatic heterocycles. The van der Waals surface area contributed by atoms with Crippen LogP contribution in [0.15, 0.2) is 35.1 Å². The Kier molecular flexibility index (Phi) is 4.02. The standard InChI is InChI=1S/C20H24N4O3/c25-19(13-27-17-4-2-1-3-5-17)24-15-8-9-16(24)12-22-18(10-15)21-23(20(22)26)11-14-6-7-14/h1-5,14-16H,6-13H2. The predicted molar refractivity (Wildman–Crippen MR) is 98.5 cm³/mol. The first-order valence-electron chi connectivity index (χ1n) is 9.84. The summed E-state index contributed by atoms with van der Waals surface area (Å²) in [6, 6.07) is 9.56. The van der Waals surface area contributed by atoms with Crippen LogP contribution in [0.2, 0.25) is 0 Å². The van der Waals surface area contributed by atoms with Crippen LogP contribution in [0.4, 0.5) is 0 Å². The minimum atomic E-state index is -0.0163. The van der Waals surface area contributed by atoms with E-state index in [9.17, 15) is 9.59 Å². The third-order valence-electron chi connectivity index (χ3n) is 5.95. The quantitative estimate of drug-likeness (QED) is 0.801. The first-order valence-corrected chi connectivity index (χ1v) is 9.84. The summed E-state index contributed by atoms with van der Waals surface area (Å²) in [6.45, 7) is 1.32. The normalized spacial score (nSPS) is 23.8. The average Bonchev–Trinajstić information content (AvgIpc) is 3.37. The van der Waals surface area contributed by atoms with Gasteiger partial charge in [-0.2, -0.15) is 5.10 Å². The molecule has 1 aliphatic carbocycles.